The highest BCUT2D eigenvalue weighted by Gasteiger charge is 2.27. The van der Waals surface area contributed by atoms with Gasteiger partial charge in [0.1, 0.15) is 0 Å². The van der Waals surface area contributed by atoms with Crippen LogP contribution in [0.15, 0.2) is 30.3 Å². The maximum absolute atomic E-state index is 11.3. The lowest BCUT2D eigenvalue weighted by Crippen LogP contribution is -2.19. The van der Waals surface area contributed by atoms with Crippen molar-refractivity contribution in [3.05, 3.63) is 35.9 Å². The van der Waals surface area contributed by atoms with E-state index in [-0.39, 0.29) is 37.1 Å². The summed E-state index contributed by atoms with van der Waals surface area (Å²) in [4.78, 5) is 40.8. The van der Waals surface area contributed by atoms with Crippen LogP contribution in [-0.4, -0.2) is 45.2 Å². The SMILES string of the molecule is CC(=O)c1ccccc1.CCP(=O)(O)CC(CCC(=O)O)C(=O)O.N. The summed E-state index contributed by atoms with van der Waals surface area (Å²) in [6, 6.07) is 9.23. The Labute approximate surface area is 146 Å². The van der Waals surface area contributed by atoms with Crippen molar-refractivity contribution >= 4 is 25.1 Å². The largest absolute Gasteiger partial charge is 0.481 e. The van der Waals surface area contributed by atoms with Crippen molar-refractivity contribution in [2.45, 2.75) is 26.7 Å². The summed E-state index contributed by atoms with van der Waals surface area (Å²) < 4.78 is 11.3. The molecule has 1 aromatic rings. The maximum Gasteiger partial charge on any atom is 0.307 e. The molecule has 0 spiro atoms. The van der Waals surface area contributed by atoms with Crippen LogP contribution in [0.25, 0.3) is 0 Å². The first-order chi connectivity index (χ1) is 11.1. The molecule has 1 aromatic carbocycles. The van der Waals surface area contributed by atoms with Gasteiger partial charge >= 0.3 is 11.9 Å². The van der Waals surface area contributed by atoms with Gasteiger partial charge in [0.2, 0.25) is 7.37 Å². The first kappa shape index (κ1) is 25.2. The number of carbonyl (C=O) groups excluding carboxylic acids is 1. The molecule has 6 N–H and O–H groups in total. The molecule has 2 atom stereocenters. The number of carboxylic acids is 2. The zero-order chi connectivity index (χ0) is 18.8. The molecular formula is C16H26NO7P. The molecule has 0 aliphatic carbocycles. The molecule has 0 amide bonds. The van der Waals surface area contributed by atoms with Crippen molar-refractivity contribution in [2.24, 2.45) is 5.92 Å². The summed E-state index contributed by atoms with van der Waals surface area (Å²) in [5, 5.41) is 17.1. The van der Waals surface area contributed by atoms with Gasteiger partial charge in [0, 0.05) is 24.3 Å². The van der Waals surface area contributed by atoms with Crippen LogP contribution >= 0.6 is 7.37 Å². The highest BCUT2D eigenvalue weighted by molar-refractivity contribution is 7.58. The van der Waals surface area contributed by atoms with E-state index in [0.29, 0.717) is 0 Å². The number of rotatable bonds is 8. The van der Waals surface area contributed by atoms with Gasteiger partial charge in [-0.2, -0.15) is 0 Å². The lowest BCUT2D eigenvalue weighted by Gasteiger charge is -2.14. The fraction of sp³-hybridized carbons (Fsp3) is 0.438. The lowest BCUT2D eigenvalue weighted by atomic mass is 10.1. The van der Waals surface area contributed by atoms with Crippen LogP contribution in [0.1, 0.15) is 37.0 Å². The number of benzene rings is 1. The molecule has 9 heteroatoms. The molecule has 0 aliphatic rings. The minimum atomic E-state index is -3.42. The van der Waals surface area contributed by atoms with Crippen molar-refractivity contribution < 1.29 is 34.1 Å². The van der Waals surface area contributed by atoms with Crippen molar-refractivity contribution in [1.82, 2.24) is 6.15 Å². The van der Waals surface area contributed by atoms with E-state index in [2.05, 4.69) is 0 Å². The Kier molecular flexibility index (Phi) is 12.5. The van der Waals surface area contributed by atoms with Gasteiger partial charge in [-0.25, -0.2) is 0 Å². The second-order valence-corrected chi connectivity index (χ2v) is 7.93. The average Bonchev–Trinajstić information content (AvgIpc) is 2.52. The Balaban J connectivity index is 0. The number of ketones is 1. The molecular weight excluding hydrogens is 349 g/mol. The molecule has 2 unspecified atom stereocenters. The molecule has 0 aromatic heterocycles. The molecule has 0 fully saturated rings. The lowest BCUT2D eigenvalue weighted by molar-refractivity contribution is -0.142. The van der Waals surface area contributed by atoms with Crippen molar-refractivity contribution in [3.8, 4) is 0 Å². The van der Waals surface area contributed by atoms with Gasteiger partial charge in [-0.05, 0) is 13.3 Å². The van der Waals surface area contributed by atoms with E-state index in [9.17, 15) is 23.8 Å². The number of hydrogen-bond acceptors (Lipinski definition) is 5. The molecule has 142 valence electrons. The second kappa shape index (κ2) is 12.4. The molecule has 0 aliphatic heterocycles. The molecule has 0 saturated carbocycles. The third kappa shape index (κ3) is 12.1. The summed E-state index contributed by atoms with van der Waals surface area (Å²) in [5.74, 6) is -3.27. The molecule has 0 heterocycles. The van der Waals surface area contributed by atoms with Crippen molar-refractivity contribution in [2.75, 3.05) is 12.3 Å². The number of carboxylic acid groups (broad SMARTS) is 2. The normalized spacial score (nSPS) is 13.2. The van der Waals surface area contributed by atoms with Crippen LogP contribution in [0.3, 0.4) is 0 Å². The van der Waals surface area contributed by atoms with Gasteiger partial charge < -0.3 is 21.3 Å². The Bertz CT molecular complexity index is 604. The Morgan fingerprint density at radius 1 is 1.12 bits per heavy atom. The van der Waals surface area contributed by atoms with Gasteiger partial charge in [0.25, 0.3) is 0 Å². The Morgan fingerprint density at radius 3 is 1.96 bits per heavy atom. The topological polar surface area (TPSA) is 164 Å². The zero-order valence-corrected chi connectivity index (χ0v) is 15.3. The molecule has 8 nitrogen and oxygen atoms in total. The van der Waals surface area contributed by atoms with Gasteiger partial charge in [-0.1, -0.05) is 37.3 Å². The quantitative estimate of drug-likeness (QED) is 0.398. The summed E-state index contributed by atoms with van der Waals surface area (Å²) in [6.45, 7) is 3.06. The summed E-state index contributed by atoms with van der Waals surface area (Å²) in [5.41, 5.74) is 0.775. The fourth-order valence-electron chi connectivity index (χ4n) is 1.74. The van der Waals surface area contributed by atoms with E-state index in [1.807, 2.05) is 30.3 Å². The van der Waals surface area contributed by atoms with Gasteiger partial charge in [-0.3, -0.25) is 18.9 Å². The van der Waals surface area contributed by atoms with Crippen LogP contribution in [0.5, 0.6) is 0 Å². The van der Waals surface area contributed by atoms with Crippen LogP contribution in [0, 0.1) is 5.92 Å². The van der Waals surface area contributed by atoms with Crippen molar-refractivity contribution in [1.29, 1.82) is 0 Å². The highest BCUT2D eigenvalue weighted by atomic mass is 31.2. The minimum absolute atomic E-state index is 0. The average molecular weight is 375 g/mol. The predicted molar refractivity (Wildman–Crippen MR) is 94.7 cm³/mol. The third-order valence-electron chi connectivity index (χ3n) is 3.24. The maximum atomic E-state index is 11.3. The van der Waals surface area contributed by atoms with Crippen LogP contribution in [0.2, 0.25) is 0 Å². The van der Waals surface area contributed by atoms with Crippen LogP contribution in [0.4, 0.5) is 0 Å². The van der Waals surface area contributed by atoms with Crippen LogP contribution in [-0.2, 0) is 14.2 Å². The molecule has 0 saturated heterocycles. The van der Waals surface area contributed by atoms with Gasteiger partial charge in [0.05, 0.1) is 5.92 Å². The molecule has 1 rings (SSSR count). The van der Waals surface area contributed by atoms with Crippen molar-refractivity contribution in [3.63, 3.8) is 0 Å². The Morgan fingerprint density at radius 2 is 1.64 bits per heavy atom. The van der Waals surface area contributed by atoms with Crippen LogP contribution < -0.4 is 6.15 Å². The van der Waals surface area contributed by atoms with E-state index >= 15 is 0 Å². The second-order valence-electron chi connectivity index (χ2n) is 5.23. The van der Waals surface area contributed by atoms with E-state index in [0.717, 1.165) is 5.56 Å². The Hall–Kier alpha value is -2.02. The summed E-state index contributed by atoms with van der Waals surface area (Å²) >= 11 is 0. The monoisotopic (exact) mass is 375 g/mol. The van der Waals surface area contributed by atoms with E-state index in [1.54, 1.807) is 6.92 Å². The van der Waals surface area contributed by atoms with E-state index in [1.165, 1.54) is 6.92 Å². The van der Waals surface area contributed by atoms with E-state index in [4.69, 9.17) is 10.2 Å². The zero-order valence-electron chi connectivity index (χ0n) is 14.4. The number of aliphatic carboxylic acids is 2. The molecule has 0 bridgehead atoms. The number of hydrogen-bond donors (Lipinski definition) is 4. The smallest absolute Gasteiger partial charge is 0.307 e. The van der Waals surface area contributed by atoms with Gasteiger partial charge in [0.15, 0.2) is 5.78 Å². The molecule has 0 radical (unpaired) electrons. The summed E-state index contributed by atoms with van der Waals surface area (Å²) in [6.07, 6.45) is -0.772. The standard InChI is InChI=1S/C8H15O6P.C8H8O.H3N/c1-2-15(13,14)5-6(8(11)12)3-4-7(9)10;1-7(9)8-5-3-2-4-6-8;/h6H,2-5H2,1H3,(H,9,10)(H,11,12)(H,13,14);2-6H,1H3;1H3. The minimum Gasteiger partial charge on any atom is -0.481 e. The first-order valence-corrected chi connectivity index (χ1v) is 9.43. The fourth-order valence-corrected chi connectivity index (χ4v) is 3.02. The predicted octanol–water partition coefficient (Wildman–Crippen LogP) is 2.89. The third-order valence-corrected chi connectivity index (χ3v) is 5.24. The number of Topliss-reactive ketones (excluding diaryl/α,β-unsaturated/α-hetero) is 1. The first-order valence-electron chi connectivity index (χ1n) is 7.40. The van der Waals surface area contributed by atoms with E-state index < -0.39 is 25.2 Å². The molecule has 25 heavy (non-hydrogen) atoms. The summed E-state index contributed by atoms with van der Waals surface area (Å²) in [7, 11) is -3.42. The number of carbonyl (C=O) groups is 3. The van der Waals surface area contributed by atoms with Gasteiger partial charge in [-0.15, -0.1) is 0 Å². The highest BCUT2D eigenvalue weighted by Crippen LogP contribution is 2.42.